The molecule has 25 heavy (non-hydrogen) atoms. The average Bonchev–Trinajstić information content (AvgIpc) is 2.67. The molecule has 0 aliphatic carbocycles. The highest BCUT2D eigenvalue weighted by Crippen LogP contribution is 2.29. The summed E-state index contributed by atoms with van der Waals surface area (Å²) in [5.74, 6) is 1.22. The van der Waals surface area contributed by atoms with E-state index >= 15 is 0 Å². The van der Waals surface area contributed by atoms with Crippen molar-refractivity contribution in [3.8, 4) is 5.88 Å². The number of fused-ring (bicyclic) bond motifs is 1. The lowest BCUT2D eigenvalue weighted by Crippen LogP contribution is -2.35. The van der Waals surface area contributed by atoms with E-state index in [4.69, 9.17) is 4.74 Å². The summed E-state index contributed by atoms with van der Waals surface area (Å²) in [5.41, 5.74) is 3.20. The van der Waals surface area contributed by atoms with Gasteiger partial charge in [-0.25, -0.2) is 4.98 Å². The summed E-state index contributed by atoms with van der Waals surface area (Å²) in [6.45, 7) is 4.73. The molecule has 1 aliphatic rings. The van der Waals surface area contributed by atoms with Crippen LogP contribution in [-0.4, -0.2) is 34.6 Å². The fourth-order valence-corrected chi connectivity index (χ4v) is 3.43. The largest absolute Gasteiger partial charge is 0.476 e. The molecule has 0 radical (unpaired) electrons. The molecule has 1 fully saturated rings. The van der Waals surface area contributed by atoms with Crippen molar-refractivity contribution < 1.29 is 4.74 Å². The first-order valence-corrected chi connectivity index (χ1v) is 8.80. The minimum atomic E-state index is 0.561. The summed E-state index contributed by atoms with van der Waals surface area (Å²) in [4.78, 5) is 15.4. The third kappa shape index (κ3) is 3.40. The van der Waals surface area contributed by atoms with Gasteiger partial charge in [0.05, 0.1) is 17.8 Å². The Morgan fingerprint density at radius 2 is 1.80 bits per heavy atom. The van der Waals surface area contributed by atoms with Gasteiger partial charge in [-0.1, -0.05) is 18.2 Å². The van der Waals surface area contributed by atoms with Gasteiger partial charge in [0.2, 0.25) is 5.88 Å². The number of hydrogen-bond acceptors (Lipinski definition) is 5. The quantitative estimate of drug-likeness (QED) is 0.729. The fraction of sp³-hybridized carbons (Fsp3) is 0.350. The van der Waals surface area contributed by atoms with E-state index in [9.17, 15) is 0 Å². The van der Waals surface area contributed by atoms with Crippen LogP contribution in [0.2, 0.25) is 0 Å². The van der Waals surface area contributed by atoms with Crippen molar-refractivity contribution in [3.63, 3.8) is 0 Å². The molecule has 0 bridgehead atoms. The molecule has 0 atom stereocenters. The number of anilines is 1. The van der Waals surface area contributed by atoms with Gasteiger partial charge in [-0.05, 0) is 37.8 Å². The van der Waals surface area contributed by atoms with Gasteiger partial charge in [0.15, 0.2) is 0 Å². The van der Waals surface area contributed by atoms with Gasteiger partial charge in [0, 0.05) is 42.8 Å². The van der Waals surface area contributed by atoms with Gasteiger partial charge in [0.1, 0.15) is 0 Å². The first-order valence-electron chi connectivity index (χ1n) is 8.80. The van der Waals surface area contributed by atoms with Crippen molar-refractivity contribution >= 4 is 16.6 Å². The van der Waals surface area contributed by atoms with Crippen molar-refractivity contribution in [2.75, 3.05) is 24.6 Å². The van der Waals surface area contributed by atoms with Crippen LogP contribution in [-0.2, 0) is 0 Å². The Morgan fingerprint density at radius 3 is 2.64 bits per heavy atom. The van der Waals surface area contributed by atoms with Crippen LogP contribution in [0.15, 0.2) is 48.9 Å². The maximum atomic E-state index is 5.89. The van der Waals surface area contributed by atoms with Crippen LogP contribution in [0.5, 0.6) is 5.88 Å². The second-order valence-electron chi connectivity index (χ2n) is 6.54. The second-order valence-corrected chi connectivity index (χ2v) is 6.54. The standard InChI is InChI=1S/C20H22N4O/c1-15-20(23-11-10-21-15)25-14-16-7-12-24(13-8-16)19-6-9-22-18-5-3-2-4-17(18)19/h2-6,9-11,16H,7-8,12-14H2,1H3. The summed E-state index contributed by atoms with van der Waals surface area (Å²) >= 11 is 0. The lowest BCUT2D eigenvalue weighted by atomic mass is 9.97. The molecule has 1 aromatic carbocycles. The molecule has 0 amide bonds. The van der Waals surface area contributed by atoms with Gasteiger partial charge in [0.25, 0.3) is 0 Å². The van der Waals surface area contributed by atoms with E-state index in [1.165, 1.54) is 11.1 Å². The predicted molar refractivity (Wildman–Crippen MR) is 98.9 cm³/mol. The molecule has 0 saturated carbocycles. The smallest absolute Gasteiger partial charge is 0.235 e. The average molecular weight is 334 g/mol. The molecule has 3 aromatic rings. The van der Waals surface area contributed by atoms with Crippen LogP contribution in [0.3, 0.4) is 0 Å². The lowest BCUT2D eigenvalue weighted by Gasteiger charge is -2.34. The topological polar surface area (TPSA) is 51.1 Å². The number of pyridine rings is 1. The van der Waals surface area contributed by atoms with Crippen molar-refractivity contribution in [2.45, 2.75) is 19.8 Å². The van der Waals surface area contributed by atoms with Crippen LogP contribution < -0.4 is 9.64 Å². The molecule has 5 heteroatoms. The Morgan fingerprint density at radius 1 is 1.00 bits per heavy atom. The molecule has 4 rings (SSSR count). The van der Waals surface area contributed by atoms with E-state index in [2.05, 4.69) is 44.1 Å². The highest BCUT2D eigenvalue weighted by Gasteiger charge is 2.21. The van der Waals surface area contributed by atoms with Crippen molar-refractivity contribution in [3.05, 3.63) is 54.6 Å². The molecular weight excluding hydrogens is 312 g/mol. The number of para-hydroxylation sites is 1. The van der Waals surface area contributed by atoms with Crippen LogP contribution in [0.4, 0.5) is 5.69 Å². The molecular formula is C20H22N4O. The Balaban J connectivity index is 1.39. The zero-order valence-electron chi connectivity index (χ0n) is 14.4. The van der Waals surface area contributed by atoms with E-state index in [0.717, 1.165) is 37.1 Å². The number of ether oxygens (including phenoxy) is 1. The van der Waals surface area contributed by atoms with Gasteiger partial charge < -0.3 is 9.64 Å². The summed E-state index contributed by atoms with van der Waals surface area (Å²) in [5, 5.41) is 1.23. The van der Waals surface area contributed by atoms with Crippen molar-refractivity contribution in [1.29, 1.82) is 0 Å². The van der Waals surface area contributed by atoms with Crippen LogP contribution in [0.1, 0.15) is 18.5 Å². The number of piperidine rings is 1. The minimum Gasteiger partial charge on any atom is -0.476 e. The second kappa shape index (κ2) is 7.05. The molecule has 1 saturated heterocycles. The van der Waals surface area contributed by atoms with Crippen LogP contribution in [0, 0.1) is 12.8 Å². The highest BCUT2D eigenvalue weighted by atomic mass is 16.5. The number of nitrogens with zero attached hydrogens (tertiary/aromatic N) is 4. The number of aryl methyl sites for hydroxylation is 1. The number of rotatable bonds is 4. The fourth-order valence-electron chi connectivity index (χ4n) is 3.43. The minimum absolute atomic E-state index is 0.561. The van der Waals surface area contributed by atoms with E-state index in [1.807, 2.05) is 19.2 Å². The SMILES string of the molecule is Cc1nccnc1OCC1CCN(c2ccnc3ccccc23)CC1. The third-order valence-corrected chi connectivity index (χ3v) is 4.87. The molecule has 0 unspecified atom stereocenters. The normalized spacial score (nSPS) is 15.5. The van der Waals surface area contributed by atoms with Gasteiger partial charge in [-0.15, -0.1) is 0 Å². The maximum Gasteiger partial charge on any atom is 0.235 e. The number of aromatic nitrogens is 3. The van der Waals surface area contributed by atoms with Crippen LogP contribution >= 0.6 is 0 Å². The molecule has 3 heterocycles. The molecule has 0 spiro atoms. The molecule has 5 nitrogen and oxygen atoms in total. The maximum absolute atomic E-state index is 5.89. The number of benzene rings is 1. The zero-order valence-corrected chi connectivity index (χ0v) is 14.4. The predicted octanol–water partition coefficient (Wildman–Crippen LogP) is 3.63. The molecule has 128 valence electrons. The Bertz CT molecular complexity index is 854. The van der Waals surface area contributed by atoms with Gasteiger partial charge in [-0.3, -0.25) is 9.97 Å². The monoisotopic (exact) mass is 334 g/mol. The summed E-state index contributed by atoms with van der Waals surface area (Å²) in [6.07, 6.45) is 7.52. The third-order valence-electron chi connectivity index (χ3n) is 4.87. The molecule has 1 aliphatic heterocycles. The van der Waals surface area contributed by atoms with Gasteiger partial charge in [-0.2, -0.15) is 0 Å². The van der Waals surface area contributed by atoms with E-state index in [-0.39, 0.29) is 0 Å². The summed E-state index contributed by atoms with van der Waals surface area (Å²) in [7, 11) is 0. The van der Waals surface area contributed by atoms with E-state index in [0.29, 0.717) is 18.4 Å². The first kappa shape index (κ1) is 15.8. The first-order chi connectivity index (χ1) is 12.3. The van der Waals surface area contributed by atoms with Crippen molar-refractivity contribution in [2.24, 2.45) is 5.92 Å². The molecule has 2 aromatic heterocycles. The molecule has 0 N–H and O–H groups in total. The van der Waals surface area contributed by atoms with Gasteiger partial charge >= 0.3 is 0 Å². The Hall–Kier alpha value is -2.69. The highest BCUT2D eigenvalue weighted by molar-refractivity contribution is 5.91. The Kier molecular flexibility index (Phi) is 4.46. The summed E-state index contributed by atoms with van der Waals surface area (Å²) < 4.78 is 5.89. The van der Waals surface area contributed by atoms with E-state index < -0.39 is 0 Å². The zero-order chi connectivity index (χ0) is 17.1. The summed E-state index contributed by atoms with van der Waals surface area (Å²) in [6, 6.07) is 10.5. The van der Waals surface area contributed by atoms with Crippen molar-refractivity contribution in [1.82, 2.24) is 15.0 Å². The lowest BCUT2D eigenvalue weighted by molar-refractivity contribution is 0.214. The van der Waals surface area contributed by atoms with E-state index in [1.54, 1.807) is 12.4 Å². The van der Waals surface area contributed by atoms with Crippen LogP contribution in [0.25, 0.3) is 10.9 Å². The number of hydrogen-bond donors (Lipinski definition) is 0. The Labute approximate surface area is 147 Å².